The lowest BCUT2D eigenvalue weighted by molar-refractivity contribution is 0.0971. The molecule has 0 spiro atoms. The lowest BCUT2D eigenvalue weighted by Crippen LogP contribution is -2.11. The summed E-state index contributed by atoms with van der Waals surface area (Å²) in [7, 11) is 0. The maximum absolute atomic E-state index is 11.4. The van der Waals surface area contributed by atoms with Crippen molar-refractivity contribution in [1.29, 1.82) is 0 Å². The highest BCUT2D eigenvalue weighted by Gasteiger charge is 2.19. The Kier molecular flexibility index (Phi) is 1.97. The molecule has 1 heterocycles. The monoisotopic (exact) mass is 225 g/mol. The van der Waals surface area contributed by atoms with E-state index in [1.807, 2.05) is 6.07 Å². The standard InChI is InChI=1S/C9H8BrNO/c10-9-8-6(4-5-11-9)2-1-3-7(8)12/h4-5H,1-3H2. The van der Waals surface area contributed by atoms with Crippen molar-refractivity contribution < 1.29 is 4.79 Å². The minimum absolute atomic E-state index is 0.219. The molecule has 2 rings (SSSR count). The third kappa shape index (κ3) is 1.18. The predicted molar refractivity (Wildman–Crippen MR) is 49.2 cm³/mol. The van der Waals surface area contributed by atoms with Crippen LogP contribution in [-0.4, -0.2) is 10.8 Å². The van der Waals surface area contributed by atoms with Crippen LogP contribution in [0.25, 0.3) is 0 Å². The van der Waals surface area contributed by atoms with Crippen molar-refractivity contribution in [2.75, 3.05) is 0 Å². The summed E-state index contributed by atoms with van der Waals surface area (Å²) in [6.45, 7) is 0. The van der Waals surface area contributed by atoms with Crippen molar-refractivity contribution in [1.82, 2.24) is 4.98 Å². The van der Waals surface area contributed by atoms with Crippen molar-refractivity contribution in [3.8, 4) is 0 Å². The Balaban J connectivity index is 2.60. The number of pyridine rings is 1. The van der Waals surface area contributed by atoms with Gasteiger partial charge in [0.05, 0.1) is 5.56 Å². The maximum atomic E-state index is 11.4. The Morgan fingerprint density at radius 2 is 2.25 bits per heavy atom. The van der Waals surface area contributed by atoms with Crippen LogP contribution in [-0.2, 0) is 6.42 Å². The minimum atomic E-state index is 0.219. The Morgan fingerprint density at radius 3 is 3.00 bits per heavy atom. The van der Waals surface area contributed by atoms with Crippen LogP contribution in [0.5, 0.6) is 0 Å². The predicted octanol–water partition coefficient (Wildman–Crippen LogP) is 2.36. The number of ketones is 1. The van der Waals surface area contributed by atoms with Crippen LogP contribution in [0.2, 0.25) is 0 Å². The van der Waals surface area contributed by atoms with Crippen LogP contribution in [0.3, 0.4) is 0 Å². The van der Waals surface area contributed by atoms with Gasteiger partial charge in [-0.25, -0.2) is 4.98 Å². The first-order chi connectivity index (χ1) is 5.79. The Labute approximate surface area is 79.1 Å². The van der Waals surface area contributed by atoms with Crippen LogP contribution in [0.1, 0.15) is 28.8 Å². The topological polar surface area (TPSA) is 30.0 Å². The molecule has 0 N–H and O–H groups in total. The molecular formula is C9H8BrNO. The van der Waals surface area contributed by atoms with E-state index in [0.717, 1.165) is 24.0 Å². The zero-order chi connectivity index (χ0) is 8.55. The van der Waals surface area contributed by atoms with Crippen molar-refractivity contribution in [2.45, 2.75) is 19.3 Å². The molecular weight excluding hydrogens is 218 g/mol. The third-order valence-corrected chi connectivity index (χ3v) is 2.72. The molecule has 3 heteroatoms. The molecule has 2 nitrogen and oxygen atoms in total. The lowest BCUT2D eigenvalue weighted by atomic mass is 9.93. The molecule has 0 saturated heterocycles. The highest BCUT2D eigenvalue weighted by Crippen LogP contribution is 2.25. The van der Waals surface area contributed by atoms with Crippen LogP contribution in [0, 0.1) is 0 Å². The van der Waals surface area contributed by atoms with Crippen molar-refractivity contribution in [3.63, 3.8) is 0 Å². The van der Waals surface area contributed by atoms with Gasteiger partial charge >= 0.3 is 0 Å². The zero-order valence-corrected chi connectivity index (χ0v) is 8.10. The average molecular weight is 226 g/mol. The summed E-state index contributed by atoms with van der Waals surface area (Å²) in [5.74, 6) is 0.219. The largest absolute Gasteiger partial charge is 0.294 e. The Morgan fingerprint density at radius 1 is 1.42 bits per heavy atom. The molecule has 0 aromatic carbocycles. The molecule has 0 unspecified atom stereocenters. The van der Waals surface area contributed by atoms with E-state index in [1.165, 1.54) is 0 Å². The number of carbonyl (C=O) groups is 1. The second-order valence-corrected chi connectivity index (χ2v) is 3.66. The molecule has 1 aromatic rings. The summed E-state index contributed by atoms with van der Waals surface area (Å²) in [5.41, 5.74) is 1.93. The molecule has 0 amide bonds. The number of aromatic nitrogens is 1. The van der Waals surface area contributed by atoms with Gasteiger partial charge in [0.2, 0.25) is 0 Å². The van der Waals surface area contributed by atoms with Gasteiger partial charge in [-0.3, -0.25) is 4.79 Å². The van der Waals surface area contributed by atoms with Crippen LogP contribution >= 0.6 is 15.9 Å². The molecule has 0 radical (unpaired) electrons. The number of carbonyl (C=O) groups excluding carboxylic acids is 1. The zero-order valence-electron chi connectivity index (χ0n) is 6.51. The van der Waals surface area contributed by atoms with Gasteiger partial charge in [-0.05, 0) is 40.4 Å². The molecule has 1 aromatic heterocycles. The molecule has 0 saturated carbocycles. The molecule has 0 aliphatic heterocycles. The number of nitrogens with zero attached hydrogens (tertiary/aromatic N) is 1. The number of fused-ring (bicyclic) bond motifs is 1. The van der Waals surface area contributed by atoms with E-state index in [1.54, 1.807) is 6.20 Å². The van der Waals surface area contributed by atoms with Gasteiger partial charge in [0.15, 0.2) is 5.78 Å². The van der Waals surface area contributed by atoms with E-state index < -0.39 is 0 Å². The quantitative estimate of drug-likeness (QED) is 0.635. The Bertz CT molecular complexity index is 335. The first-order valence-electron chi connectivity index (χ1n) is 3.95. The van der Waals surface area contributed by atoms with Crippen molar-refractivity contribution in [2.24, 2.45) is 0 Å². The van der Waals surface area contributed by atoms with Gasteiger partial charge in [-0.2, -0.15) is 0 Å². The Hall–Kier alpha value is -0.700. The third-order valence-electron chi connectivity index (χ3n) is 2.12. The van der Waals surface area contributed by atoms with E-state index in [2.05, 4.69) is 20.9 Å². The van der Waals surface area contributed by atoms with E-state index in [4.69, 9.17) is 0 Å². The fourth-order valence-electron chi connectivity index (χ4n) is 1.54. The van der Waals surface area contributed by atoms with E-state index in [0.29, 0.717) is 11.0 Å². The summed E-state index contributed by atoms with van der Waals surface area (Å²) < 4.78 is 0.699. The van der Waals surface area contributed by atoms with E-state index in [9.17, 15) is 4.79 Å². The number of Topliss-reactive ketones (excluding diaryl/α,β-unsaturated/α-hetero) is 1. The summed E-state index contributed by atoms with van der Waals surface area (Å²) in [6.07, 6.45) is 4.38. The summed E-state index contributed by atoms with van der Waals surface area (Å²) >= 11 is 3.29. The minimum Gasteiger partial charge on any atom is -0.294 e. The van der Waals surface area contributed by atoms with E-state index >= 15 is 0 Å². The number of aryl methyl sites for hydroxylation is 1. The second kappa shape index (κ2) is 2.98. The van der Waals surface area contributed by atoms with Crippen molar-refractivity contribution >= 4 is 21.7 Å². The average Bonchev–Trinajstić information content (AvgIpc) is 2.04. The molecule has 0 bridgehead atoms. The molecule has 62 valence electrons. The van der Waals surface area contributed by atoms with Gasteiger partial charge in [-0.1, -0.05) is 0 Å². The first-order valence-corrected chi connectivity index (χ1v) is 4.75. The molecule has 12 heavy (non-hydrogen) atoms. The van der Waals surface area contributed by atoms with Crippen LogP contribution in [0.4, 0.5) is 0 Å². The first kappa shape index (κ1) is 7.92. The van der Waals surface area contributed by atoms with Crippen LogP contribution < -0.4 is 0 Å². The van der Waals surface area contributed by atoms with Crippen molar-refractivity contribution in [3.05, 3.63) is 28.0 Å². The normalized spacial score (nSPS) is 15.9. The number of hydrogen-bond donors (Lipinski definition) is 0. The number of rotatable bonds is 0. The number of halogens is 1. The molecule has 1 aliphatic carbocycles. The van der Waals surface area contributed by atoms with Gasteiger partial charge in [0.25, 0.3) is 0 Å². The fourth-order valence-corrected chi connectivity index (χ4v) is 2.13. The highest BCUT2D eigenvalue weighted by molar-refractivity contribution is 9.10. The fraction of sp³-hybridized carbons (Fsp3) is 0.333. The maximum Gasteiger partial charge on any atom is 0.165 e. The summed E-state index contributed by atoms with van der Waals surface area (Å²) in [4.78, 5) is 15.5. The molecule has 0 fully saturated rings. The second-order valence-electron chi connectivity index (χ2n) is 2.91. The number of hydrogen-bond acceptors (Lipinski definition) is 2. The molecule has 1 aliphatic rings. The smallest absolute Gasteiger partial charge is 0.165 e. The van der Waals surface area contributed by atoms with E-state index in [-0.39, 0.29) is 5.78 Å². The molecule has 0 atom stereocenters. The van der Waals surface area contributed by atoms with Crippen LogP contribution in [0.15, 0.2) is 16.9 Å². The summed E-state index contributed by atoms with van der Waals surface area (Å²) in [5, 5.41) is 0. The van der Waals surface area contributed by atoms with Gasteiger partial charge in [0, 0.05) is 12.6 Å². The lowest BCUT2D eigenvalue weighted by Gasteiger charge is -2.14. The highest BCUT2D eigenvalue weighted by atomic mass is 79.9. The van der Waals surface area contributed by atoms with Gasteiger partial charge in [0.1, 0.15) is 4.60 Å². The van der Waals surface area contributed by atoms with Gasteiger partial charge < -0.3 is 0 Å². The van der Waals surface area contributed by atoms with Gasteiger partial charge in [-0.15, -0.1) is 0 Å². The SMILES string of the molecule is O=C1CCCc2ccnc(Br)c21. The summed E-state index contributed by atoms with van der Waals surface area (Å²) in [6, 6.07) is 1.93.